The summed E-state index contributed by atoms with van der Waals surface area (Å²) in [6.07, 6.45) is 4.05. The molecule has 1 saturated heterocycles. The van der Waals surface area contributed by atoms with Crippen LogP contribution in [0.5, 0.6) is 5.75 Å². The van der Waals surface area contributed by atoms with Gasteiger partial charge in [-0.2, -0.15) is 4.39 Å². The van der Waals surface area contributed by atoms with Gasteiger partial charge in [-0.3, -0.25) is 0 Å². The van der Waals surface area contributed by atoms with Crippen LogP contribution >= 0.6 is 15.9 Å². The molecular formula is C13H16BrF2NO. The van der Waals surface area contributed by atoms with E-state index in [1.54, 1.807) is 6.07 Å². The van der Waals surface area contributed by atoms with Crippen LogP contribution < -0.4 is 10.1 Å². The van der Waals surface area contributed by atoms with E-state index in [9.17, 15) is 8.78 Å². The van der Waals surface area contributed by atoms with Crippen LogP contribution in [0.25, 0.3) is 0 Å². The molecule has 2 nitrogen and oxygen atoms in total. The molecule has 100 valence electrons. The van der Waals surface area contributed by atoms with Crippen molar-refractivity contribution in [1.29, 1.82) is 0 Å². The summed E-state index contributed by atoms with van der Waals surface area (Å²) in [6.45, 7) is 0.984. The third-order valence-electron chi connectivity index (χ3n) is 3.28. The molecule has 1 aliphatic rings. The lowest BCUT2D eigenvalue weighted by molar-refractivity contribution is 0.355. The van der Waals surface area contributed by atoms with E-state index in [0.29, 0.717) is 18.0 Å². The normalized spacial score (nSPS) is 19.9. The Kier molecular flexibility index (Phi) is 4.56. The van der Waals surface area contributed by atoms with E-state index in [2.05, 4.69) is 21.2 Å². The Morgan fingerprint density at radius 2 is 2.17 bits per heavy atom. The second kappa shape index (κ2) is 5.97. The molecule has 1 aromatic carbocycles. The van der Waals surface area contributed by atoms with Crippen molar-refractivity contribution in [2.24, 2.45) is 0 Å². The van der Waals surface area contributed by atoms with Crippen LogP contribution in [0.3, 0.4) is 0 Å². The lowest BCUT2D eigenvalue weighted by Gasteiger charge is -2.24. The number of piperidine rings is 1. The van der Waals surface area contributed by atoms with E-state index in [1.807, 2.05) is 0 Å². The van der Waals surface area contributed by atoms with Gasteiger partial charge in [0, 0.05) is 11.6 Å². The smallest absolute Gasteiger partial charge is 0.202 e. The maximum Gasteiger partial charge on any atom is 0.202 e. The molecule has 2 rings (SSSR count). The predicted octanol–water partition coefficient (Wildman–Crippen LogP) is 3.42. The molecule has 1 N–H and O–H groups in total. The number of ether oxygens (including phenoxy) is 1. The van der Waals surface area contributed by atoms with E-state index < -0.39 is 11.6 Å². The number of rotatable bonds is 3. The molecule has 1 aromatic rings. The average Bonchev–Trinajstić information content (AvgIpc) is 2.38. The van der Waals surface area contributed by atoms with Crippen molar-refractivity contribution in [1.82, 2.24) is 5.32 Å². The maximum absolute atomic E-state index is 13.7. The molecule has 0 aromatic heterocycles. The largest absolute Gasteiger partial charge is 0.493 e. The van der Waals surface area contributed by atoms with Gasteiger partial charge in [0.05, 0.1) is 11.6 Å². The number of methoxy groups -OCH3 is 1. The van der Waals surface area contributed by atoms with Crippen LogP contribution in [0.2, 0.25) is 0 Å². The van der Waals surface area contributed by atoms with Gasteiger partial charge in [-0.15, -0.1) is 0 Å². The highest BCUT2D eigenvalue weighted by atomic mass is 79.9. The van der Waals surface area contributed by atoms with Gasteiger partial charge in [-0.05, 0) is 47.8 Å². The highest BCUT2D eigenvalue weighted by Crippen LogP contribution is 2.32. The number of hydrogen-bond donors (Lipinski definition) is 1. The molecule has 18 heavy (non-hydrogen) atoms. The third-order valence-corrected chi connectivity index (χ3v) is 3.85. The van der Waals surface area contributed by atoms with Crippen LogP contribution in [0.15, 0.2) is 10.5 Å². The van der Waals surface area contributed by atoms with Crippen LogP contribution in [-0.2, 0) is 6.42 Å². The van der Waals surface area contributed by atoms with Crippen LogP contribution in [0.1, 0.15) is 24.8 Å². The highest BCUT2D eigenvalue weighted by Gasteiger charge is 2.21. The molecule has 5 heteroatoms. The molecule has 0 aliphatic carbocycles. The van der Waals surface area contributed by atoms with Crippen molar-refractivity contribution in [3.8, 4) is 5.75 Å². The first-order valence-corrected chi connectivity index (χ1v) is 6.86. The highest BCUT2D eigenvalue weighted by molar-refractivity contribution is 9.10. The van der Waals surface area contributed by atoms with Crippen molar-refractivity contribution >= 4 is 15.9 Å². The summed E-state index contributed by atoms with van der Waals surface area (Å²) in [5.41, 5.74) is 0.697. The number of halogens is 3. The number of nitrogens with one attached hydrogen (secondary N) is 1. The first-order valence-electron chi connectivity index (χ1n) is 6.07. The average molecular weight is 320 g/mol. The summed E-state index contributed by atoms with van der Waals surface area (Å²) in [5, 5.41) is 3.39. The lowest BCUT2D eigenvalue weighted by atomic mass is 9.97. The molecule has 0 saturated carbocycles. The van der Waals surface area contributed by atoms with E-state index in [-0.39, 0.29) is 10.2 Å². The van der Waals surface area contributed by atoms with E-state index in [4.69, 9.17) is 4.74 Å². The zero-order chi connectivity index (χ0) is 13.1. The standard InChI is InChI=1S/C13H16BrF2NO/c1-18-13-8(6-9-4-2-3-5-17-9)7-10(14)11(15)12(13)16/h7,9,17H,2-6H2,1H3. The quantitative estimate of drug-likeness (QED) is 0.862. The minimum atomic E-state index is -0.919. The zero-order valence-electron chi connectivity index (χ0n) is 10.2. The molecule has 0 bridgehead atoms. The van der Waals surface area contributed by atoms with Gasteiger partial charge in [0.15, 0.2) is 11.6 Å². The summed E-state index contributed by atoms with van der Waals surface area (Å²) in [6, 6.07) is 1.91. The van der Waals surface area contributed by atoms with Crippen molar-refractivity contribution < 1.29 is 13.5 Å². The fourth-order valence-corrected chi connectivity index (χ4v) is 2.81. The van der Waals surface area contributed by atoms with Crippen molar-refractivity contribution in [3.05, 3.63) is 27.7 Å². The molecular weight excluding hydrogens is 304 g/mol. The van der Waals surface area contributed by atoms with Crippen LogP contribution in [0.4, 0.5) is 8.78 Å². The number of benzene rings is 1. The first kappa shape index (κ1) is 13.7. The Morgan fingerprint density at radius 1 is 1.39 bits per heavy atom. The monoisotopic (exact) mass is 319 g/mol. The lowest BCUT2D eigenvalue weighted by Crippen LogP contribution is -2.35. The second-order valence-corrected chi connectivity index (χ2v) is 5.38. The molecule has 1 fully saturated rings. The molecule has 1 atom stereocenters. The number of hydrogen-bond acceptors (Lipinski definition) is 2. The molecule has 0 radical (unpaired) electrons. The van der Waals surface area contributed by atoms with Gasteiger partial charge in [0.25, 0.3) is 0 Å². The van der Waals surface area contributed by atoms with Gasteiger partial charge in [0.1, 0.15) is 0 Å². The topological polar surface area (TPSA) is 21.3 Å². The van der Waals surface area contributed by atoms with Gasteiger partial charge >= 0.3 is 0 Å². The summed E-state index contributed by atoms with van der Waals surface area (Å²) < 4.78 is 32.3. The first-order chi connectivity index (χ1) is 8.63. The van der Waals surface area contributed by atoms with Crippen LogP contribution in [0, 0.1) is 11.6 Å². The zero-order valence-corrected chi connectivity index (χ0v) is 11.8. The van der Waals surface area contributed by atoms with Crippen LogP contribution in [-0.4, -0.2) is 19.7 Å². The van der Waals surface area contributed by atoms with Gasteiger partial charge in [-0.1, -0.05) is 6.42 Å². The molecule has 0 amide bonds. The third kappa shape index (κ3) is 2.83. The minimum absolute atomic E-state index is 0.0167. The van der Waals surface area contributed by atoms with Gasteiger partial charge in [-0.25, -0.2) is 4.39 Å². The molecule has 1 heterocycles. The van der Waals surface area contributed by atoms with Crippen molar-refractivity contribution in [3.63, 3.8) is 0 Å². The fraction of sp³-hybridized carbons (Fsp3) is 0.538. The fourth-order valence-electron chi connectivity index (χ4n) is 2.36. The SMILES string of the molecule is COc1c(CC2CCCCN2)cc(Br)c(F)c1F. The van der Waals surface area contributed by atoms with E-state index in [0.717, 1.165) is 13.0 Å². The molecule has 0 spiro atoms. The summed E-state index contributed by atoms with van der Waals surface area (Å²) in [5.74, 6) is -1.80. The second-order valence-electron chi connectivity index (χ2n) is 4.53. The maximum atomic E-state index is 13.7. The van der Waals surface area contributed by atoms with E-state index >= 15 is 0 Å². The Morgan fingerprint density at radius 3 is 2.78 bits per heavy atom. The summed E-state index contributed by atoms with van der Waals surface area (Å²) >= 11 is 3.03. The predicted molar refractivity (Wildman–Crippen MR) is 70.0 cm³/mol. The molecule has 1 aliphatic heterocycles. The van der Waals surface area contributed by atoms with Crippen molar-refractivity contribution in [2.75, 3.05) is 13.7 Å². The Balaban J connectivity index is 2.25. The Hall–Kier alpha value is -0.680. The Labute approximate surface area is 114 Å². The minimum Gasteiger partial charge on any atom is -0.493 e. The van der Waals surface area contributed by atoms with Crippen molar-refractivity contribution in [2.45, 2.75) is 31.7 Å². The summed E-state index contributed by atoms with van der Waals surface area (Å²) in [4.78, 5) is 0. The van der Waals surface area contributed by atoms with Gasteiger partial charge < -0.3 is 10.1 Å². The Bertz CT molecular complexity index is 433. The summed E-state index contributed by atoms with van der Waals surface area (Å²) in [7, 11) is 1.36. The van der Waals surface area contributed by atoms with E-state index in [1.165, 1.54) is 20.0 Å². The van der Waals surface area contributed by atoms with Gasteiger partial charge in [0.2, 0.25) is 5.82 Å². The molecule has 1 unspecified atom stereocenters.